The average Bonchev–Trinajstić information content (AvgIpc) is 1.61. The lowest BCUT2D eigenvalue weighted by Gasteiger charge is -2.16. The van der Waals surface area contributed by atoms with Crippen molar-refractivity contribution in [3.05, 3.63) is 278 Å². The van der Waals surface area contributed by atoms with Crippen LogP contribution in [0.4, 0.5) is 0 Å². The molecule has 0 bridgehead atoms. The minimum Gasteiger partial charge on any atom is -0.455 e. The number of fused-ring (bicyclic) bond motifs is 20. The predicted octanol–water partition coefficient (Wildman–Crippen LogP) is 21.0. The van der Waals surface area contributed by atoms with Crippen molar-refractivity contribution in [3.8, 4) is 57.1 Å². The molecule has 6 aromatic heterocycles. The molecular weight excluding hydrogens is 1080 g/mol. The second-order valence-corrected chi connectivity index (χ2v) is 22.9. The van der Waals surface area contributed by atoms with Crippen LogP contribution >= 0.6 is 0 Å². The molecule has 406 valence electrons. The first-order chi connectivity index (χ1) is 43.6. The zero-order valence-corrected chi connectivity index (χ0v) is 46.9. The van der Waals surface area contributed by atoms with Crippen LogP contribution in [0.5, 0.6) is 0 Å². The smallest absolute Gasteiger partial charge is 0.145 e. The van der Waals surface area contributed by atoms with E-state index in [0.29, 0.717) is 11.4 Å². The summed E-state index contributed by atoms with van der Waals surface area (Å²) in [6, 6.07) is 98.9. The molecule has 0 radical (unpaired) electrons. The van der Waals surface area contributed by atoms with E-state index < -0.39 is 0 Å². The maximum absolute atomic E-state index is 11.6. The highest BCUT2D eigenvalue weighted by atomic mass is 16.3. The lowest BCUT2D eigenvalue weighted by molar-refractivity contribution is 0.672. The molecule has 13 aromatic carbocycles. The summed E-state index contributed by atoms with van der Waals surface area (Å²) < 4.78 is 22.7. The Morgan fingerprint density at radius 2 is 0.580 bits per heavy atom. The van der Waals surface area contributed by atoms with E-state index >= 15 is 0 Å². The second-order valence-electron chi connectivity index (χ2n) is 22.9. The largest absolute Gasteiger partial charge is 0.455 e. The first-order valence-corrected chi connectivity index (χ1v) is 29.5. The molecule has 0 amide bonds. The molecule has 0 N–H and O–H groups in total. The number of benzene rings is 13. The third-order valence-corrected chi connectivity index (χ3v) is 18.5. The maximum atomic E-state index is 11.6. The van der Waals surface area contributed by atoms with Gasteiger partial charge in [0.05, 0.1) is 77.4 Å². The van der Waals surface area contributed by atoms with Gasteiger partial charge in [0.25, 0.3) is 0 Å². The second kappa shape index (κ2) is 18.1. The van der Waals surface area contributed by atoms with E-state index in [1.54, 1.807) is 0 Å². The van der Waals surface area contributed by atoms with Crippen LogP contribution in [0.3, 0.4) is 0 Å². The van der Waals surface area contributed by atoms with Crippen LogP contribution in [0, 0.1) is 22.7 Å². The van der Waals surface area contributed by atoms with Crippen molar-refractivity contribution in [1.29, 1.82) is 10.5 Å². The van der Waals surface area contributed by atoms with Crippen molar-refractivity contribution >= 4 is 131 Å². The maximum Gasteiger partial charge on any atom is 0.145 e. The minimum atomic E-state index is 0.257. The van der Waals surface area contributed by atoms with Crippen LogP contribution in [0.2, 0.25) is 0 Å². The van der Waals surface area contributed by atoms with E-state index in [0.717, 1.165) is 154 Å². The summed E-state index contributed by atoms with van der Waals surface area (Å²) in [6.45, 7) is 0. The van der Waals surface area contributed by atoms with Crippen molar-refractivity contribution in [2.75, 3.05) is 0 Å². The molecule has 0 aliphatic carbocycles. The highest BCUT2D eigenvalue weighted by molar-refractivity contribution is 6.26. The number of rotatable bonds is 6. The molecule has 0 saturated heterocycles. The van der Waals surface area contributed by atoms with E-state index in [-0.39, 0.29) is 11.1 Å². The molecule has 0 spiro atoms. The highest BCUT2D eigenvalue weighted by Gasteiger charge is 2.27. The summed E-state index contributed by atoms with van der Waals surface area (Å²) in [5, 5.41) is 35.8. The summed E-state index contributed by atoms with van der Waals surface area (Å²) in [6.07, 6.45) is 0. The third kappa shape index (κ3) is 6.60. The van der Waals surface area contributed by atoms with Crippen molar-refractivity contribution < 1.29 is 8.83 Å². The molecule has 19 rings (SSSR count). The highest BCUT2D eigenvalue weighted by Crippen LogP contribution is 2.47. The van der Waals surface area contributed by atoms with Crippen molar-refractivity contribution in [1.82, 2.24) is 18.3 Å². The molecule has 6 heterocycles. The van der Waals surface area contributed by atoms with Gasteiger partial charge in [-0.25, -0.2) is 0 Å². The van der Waals surface area contributed by atoms with Crippen LogP contribution in [0.25, 0.3) is 176 Å². The Morgan fingerprint density at radius 3 is 0.989 bits per heavy atom. The number of para-hydroxylation sites is 6. The predicted molar refractivity (Wildman–Crippen MR) is 359 cm³/mol. The lowest BCUT2D eigenvalue weighted by Crippen LogP contribution is -2.05. The molecule has 8 heteroatoms. The number of nitriles is 2. The normalized spacial score (nSPS) is 12.1. The number of furan rings is 2. The standard InChI is InChI=1S/C80H44N6O2/c81-45-63-64(46-82)72(86-70-36-30-50(44-62(70)78-74(86)38-32-58-56-22-10-14-26-76(56)88-80(58)78)48-28-34-68-60(42-48)54-20-8-12-24-66(54)84(68)52-17-5-2-6-18-52)40-39-71(63)85-69-35-29-49(43-61(69)77-73(85)37-31-57-55-21-9-13-25-75(55)87-79(57)77)47-27-33-67-59(41-47)53-19-7-11-23-65(53)83(67)51-15-3-1-4-16-51/h1-44H. The minimum absolute atomic E-state index is 0.257. The summed E-state index contributed by atoms with van der Waals surface area (Å²) in [7, 11) is 0. The lowest BCUT2D eigenvalue weighted by atomic mass is 10.00. The molecule has 0 unspecified atom stereocenters. The van der Waals surface area contributed by atoms with Crippen LogP contribution < -0.4 is 0 Å². The van der Waals surface area contributed by atoms with Crippen LogP contribution in [0.1, 0.15) is 11.1 Å². The summed E-state index contributed by atoms with van der Waals surface area (Å²) >= 11 is 0. The van der Waals surface area contributed by atoms with Gasteiger partial charge in [0.2, 0.25) is 0 Å². The topological polar surface area (TPSA) is 93.6 Å². The fourth-order valence-electron chi connectivity index (χ4n) is 14.6. The number of aromatic nitrogens is 4. The van der Waals surface area contributed by atoms with E-state index in [9.17, 15) is 10.5 Å². The molecule has 0 saturated carbocycles. The molecule has 0 aliphatic rings. The molecule has 8 nitrogen and oxygen atoms in total. The molecule has 0 atom stereocenters. The first-order valence-electron chi connectivity index (χ1n) is 29.5. The van der Waals surface area contributed by atoms with Gasteiger partial charge in [-0.3, -0.25) is 0 Å². The van der Waals surface area contributed by atoms with Gasteiger partial charge in [-0.1, -0.05) is 133 Å². The Morgan fingerprint density at radius 1 is 0.250 bits per heavy atom. The Hall–Kier alpha value is -12.4. The number of hydrogen-bond acceptors (Lipinski definition) is 4. The van der Waals surface area contributed by atoms with Crippen LogP contribution in [-0.4, -0.2) is 18.3 Å². The number of nitrogens with zero attached hydrogens (tertiary/aromatic N) is 6. The Labute approximate surface area is 501 Å². The van der Waals surface area contributed by atoms with Gasteiger partial charge in [-0.2, -0.15) is 10.5 Å². The van der Waals surface area contributed by atoms with Gasteiger partial charge in [0.15, 0.2) is 0 Å². The fourth-order valence-corrected chi connectivity index (χ4v) is 14.6. The van der Waals surface area contributed by atoms with Gasteiger partial charge in [0, 0.05) is 65.2 Å². The molecule has 88 heavy (non-hydrogen) atoms. The van der Waals surface area contributed by atoms with E-state index in [4.69, 9.17) is 8.83 Å². The number of hydrogen-bond donors (Lipinski definition) is 0. The molecule has 0 fully saturated rings. The fraction of sp³-hybridized carbons (Fsp3) is 0. The summed E-state index contributed by atoms with van der Waals surface area (Å²) in [5.41, 5.74) is 19.3. The summed E-state index contributed by atoms with van der Waals surface area (Å²) in [4.78, 5) is 0. The third-order valence-electron chi connectivity index (χ3n) is 18.5. The summed E-state index contributed by atoms with van der Waals surface area (Å²) in [5.74, 6) is 0. The SMILES string of the molecule is N#Cc1c(-n2c3ccc(-c4ccc5c(c4)c4ccccc4n5-c4ccccc4)cc3c3c4oc5ccccc5c4ccc32)ccc(-n2c3ccc(-c4ccc5c(c4)c4ccccc4n5-c4ccccc4)cc3c3c4oc5ccccc5c4ccc32)c1C#N. The average molecular weight is 1120 g/mol. The zero-order valence-electron chi connectivity index (χ0n) is 46.9. The molecule has 0 aliphatic heterocycles. The van der Waals surface area contributed by atoms with Gasteiger partial charge >= 0.3 is 0 Å². The van der Waals surface area contributed by atoms with Gasteiger partial charge in [-0.05, 0) is 156 Å². The Balaban J connectivity index is 0.821. The van der Waals surface area contributed by atoms with Gasteiger partial charge < -0.3 is 27.1 Å². The van der Waals surface area contributed by atoms with E-state index in [1.807, 2.05) is 48.5 Å². The van der Waals surface area contributed by atoms with E-state index in [1.165, 1.54) is 10.8 Å². The zero-order chi connectivity index (χ0) is 57.9. The Bertz CT molecular complexity index is 5940. The van der Waals surface area contributed by atoms with Crippen LogP contribution in [-0.2, 0) is 0 Å². The monoisotopic (exact) mass is 1120 g/mol. The quantitative estimate of drug-likeness (QED) is 0.166. The molecule has 19 aromatic rings. The Kier molecular flexibility index (Phi) is 9.87. The van der Waals surface area contributed by atoms with Crippen LogP contribution in [0.15, 0.2) is 276 Å². The van der Waals surface area contributed by atoms with E-state index in [2.05, 4.69) is 249 Å². The van der Waals surface area contributed by atoms with Crippen molar-refractivity contribution in [3.63, 3.8) is 0 Å². The van der Waals surface area contributed by atoms with Crippen molar-refractivity contribution in [2.24, 2.45) is 0 Å². The van der Waals surface area contributed by atoms with Crippen molar-refractivity contribution in [2.45, 2.75) is 0 Å². The molecular formula is C80H44N6O2. The first kappa shape index (κ1) is 48.1. The van der Waals surface area contributed by atoms with Gasteiger partial charge in [0.1, 0.15) is 34.5 Å². The van der Waals surface area contributed by atoms with Gasteiger partial charge in [-0.15, -0.1) is 0 Å².